The Hall–Kier alpha value is -1.39. The Bertz CT molecular complexity index is 544. The van der Waals surface area contributed by atoms with Gasteiger partial charge in [-0.25, -0.2) is 4.98 Å². The predicted molar refractivity (Wildman–Crippen MR) is 84.2 cm³/mol. The van der Waals surface area contributed by atoms with Crippen molar-refractivity contribution in [1.82, 2.24) is 10.3 Å². The van der Waals surface area contributed by atoms with E-state index in [2.05, 4.69) is 50.1 Å². The lowest BCUT2D eigenvalue weighted by Crippen LogP contribution is -2.35. The van der Waals surface area contributed by atoms with Crippen molar-refractivity contribution in [3.63, 3.8) is 0 Å². The highest BCUT2D eigenvalue weighted by atomic mass is 32.1. The highest BCUT2D eigenvalue weighted by Crippen LogP contribution is 2.22. The van der Waals surface area contributed by atoms with Gasteiger partial charge >= 0.3 is 0 Å². The Morgan fingerprint density at radius 2 is 2.10 bits per heavy atom. The molecule has 20 heavy (non-hydrogen) atoms. The molecule has 0 aliphatic rings. The zero-order valence-corrected chi connectivity index (χ0v) is 13.4. The summed E-state index contributed by atoms with van der Waals surface area (Å²) >= 11 is 1.62. The minimum atomic E-state index is 0.0936. The standard InChI is InChI=1S/C16H22N2OS/c1-12-5-6-14(19-11-15-17-7-8-20-15)13(9-12)10-18-16(2,3)4/h5-9,18H,10-11H2,1-4H3. The molecule has 0 aliphatic heterocycles. The molecule has 0 fully saturated rings. The Balaban J connectivity index is 2.07. The number of benzene rings is 1. The molecular weight excluding hydrogens is 268 g/mol. The van der Waals surface area contributed by atoms with Crippen LogP contribution < -0.4 is 10.1 Å². The summed E-state index contributed by atoms with van der Waals surface area (Å²) in [4.78, 5) is 4.24. The van der Waals surface area contributed by atoms with Gasteiger partial charge in [0.05, 0.1) is 0 Å². The second-order valence-electron chi connectivity index (χ2n) is 5.93. The lowest BCUT2D eigenvalue weighted by molar-refractivity contribution is 0.299. The molecule has 2 aromatic rings. The molecule has 0 unspecified atom stereocenters. The monoisotopic (exact) mass is 290 g/mol. The van der Waals surface area contributed by atoms with Gasteiger partial charge in [-0.1, -0.05) is 17.7 Å². The molecule has 1 N–H and O–H groups in total. The van der Waals surface area contributed by atoms with Crippen molar-refractivity contribution in [2.24, 2.45) is 0 Å². The zero-order valence-electron chi connectivity index (χ0n) is 12.6. The van der Waals surface area contributed by atoms with E-state index in [0.717, 1.165) is 17.3 Å². The van der Waals surface area contributed by atoms with Crippen LogP contribution in [0.1, 0.15) is 36.9 Å². The summed E-state index contributed by atoms with van der Waals surface area (Å²) in [7, 11) is 0. The molecule has 0 spiro atoms. The Morgan fingerprint density at radius 1 is 1.30 bits per heavy atom. The van der Waals surface area contributed by atoms with Gasteiger partial charge in [0.2, 0.25) is 0 Å². The Kier molecular flexibility index (Phi) is 4.78. The van der Waals surface area contributed by atoms with Crippen LogP contribution in [-0.4, -0.2) is 10.5 Å². The van der Waals surface area contributed by atoms with E-state index in [0.29, 0.717) is 6.61 Å². The molecule has 1 aromatic carbocycles. The topological polar surface area (TPSA) is 34.1 Å². The summed E-state index contributed by atoms with van der Waals surface area (Å²) in [5.74, 6) is 0.933. The van der Waals surface area contributed by atoms with Crippen molar-refractivity contribution < 1.29 is 4.74 Å². The molecule has 0 aliphatic carbocycles. The van der Waals surface area contributed by atoms with Crippen LogP contribution in [0.3, 0.4) is 0 Å². The van der Waals surface area contributed by atoms with Crippen molar-refractivity contribution in [2.75, 3.05) is 0 Å². The molecule has 0 radical (unpaired) electrons. The molecular formula is C16H22N2OS. The molecule has 2 rings (SSSR count). The molecule has 1 aromatic heterocycles. The number of rotatable bonds is 5. The number of nitrogens with one attached hydrogen (secondary N) is 1. The first-order valence-electron chi connectivity index (χ1n) is 6.80. The number of hydrogen-bond donors (Lipinski definition) is 1. The predicted octanol–water partition coefficient (Wildman–Crippen LogP) is 3.92. The first-order chi connectivity index (χ1) is 9.44. The van der Waals surface area contributed by atoms with Gasteiger partial charge < -0.3 is 10.1 Å². The summed E-state index contributed by atoms with van der Waals surface area (Å²) in [6.07, 6.45) is 1.81. The summed E-state index contributed by atoms with van der Waals surface area (Å²) in [5.41, 5.74) is 2.53. The van der Waals surface area contributed by atoms with Crippen molar-refractivity contribution in [1.29, 1.82) is 0 Å². The number of aromatic nitrogens is 1. The van der Waals surface area contributed by atoms with Crippen LogP contribution >= 0.6 is 11.3 Å². The number of nitrogens with zero attached hydrogens (tertiary/aromatic N) is 1. The van der Waals surface area contributed by atoms with Crippen molar-refractivity contribution in [3.8, 4) is 5.75 Å². The molecule has 0 amide bonds. The molecule has 0 bridgehead atoms. The third kappa shape index (κ3) is 4.62. The van der Waals surface area contributed by atoms with Crippen molar-refractivity contribution in [2.45, 2.75) is 46.4 Å². The van der Waals surface area contributed by atoms with Gasteiger partial charge in [-0.05, 0) is 33.8 Å². The molecule has 3 nitrogen and oxygen atoms in total. The summed E-state index contributed by atoms with van der Waals surface area (Å²) < 4.78 is 5.91. The third-order valence-electron chi connectivity index (χ3n) is 2.86. The van der Waals surface area contributed by atoms with E-state index >= 15 is 0 Å². The van der Waals surface area contributed by atoms with Crippen LogP contribution in [0, 0.1) is 6.92 Å². The maximum Gasteiger partial charge on any atom is 0.140 e. The summed E-state index contributed by atoms with van der Waals surface area (Å²) in [6, 6.07) is 6.30. The van der Waals surface area contributed by atoms with Crippen LogP contribution in [0.5, 0.6) is 5.75 Å². The number of aryl methyl sites for hydroxylation is 1. The fourth-order valence-electron chi connectivity index (χ4n) is 1.81. The van der Waals surface area contributed by atoms with Crippen LogP contribution in [0.4, 0.5) is 0 Å². The van der Waals surface area contributed by atoms with E-state index in [4.69, 9.17) is 4.74 Å². The minimum Gasteiger partial charge on any atom is -0.486 e. The summed E-state index contributed by atoms with van der Waals surface area (Å²) in [5, 5.41) is 6.47. The third-order valence-corrected chi connectivity index (χ3v) is 3.61. The average molecular weight is 290 g/mol. The molecule has 0 saturated heterocycles. The smallest absolute Gasteiger partial charge is 0.140 e. The number of thiazole rings is 1. The van der Waals surface area contributed by atoms with Gasteiger partial charge in [-0.3, -0.25) is 0 Å². The lowest BCUT2D eigenvalue weighted by Gasteiger charge is -2.22. The highest BCUT2D eigenvalue weighted by Gasteiger charge is 2.11. The molecule has 4 heteroatoms. The van der Waals surface area contributed by atoms with Gasteiger partial charge in [0.1, 0.15) is 17.4 Å². The number of ether oxygens (including phenoxy) is 1. The van der Waals surface area contributed by atoms with Gasteiger partial charge in [0.15, 0.2) is 0 Å². The normalized spacial score (nSPS) is 11.6. The second kappa shape index (κ2) is 6.37. The molecule has 0 atom stereocenters. The largest absolute Gasteiger partial charge is 0.486 e. The maximum absolute atomic E-state index is 5.91. The highest BCUT2D eigenvalue weighted by molar-refractivity contribution is 7.09. The van der Waals surface area contributed by atoms with Crippen LogP contribution in [0.25, 0.3) is 0 Å². The van der Waals surface area contributed by atoms with Crippen LogP contribution in [0.15, 0.2) is 29.8 Å². The van der Waals surface area contributed by atoms with Gasteiger partial charge in [0, 0.05) is 29.2 Å². The number of hydrogen-bond acceptors (Lipinski definition) is 4. The molecule has 1 heterocycles. The quantitative estimate of drug-likeness (QED) is 0.906. The van der Waals surface area contributed by atoms with Gasteiger partial charge in [-0.2, -0.15) is 0 Å². The zero-order chi connectivity index (χ0) is 14.6. The van der Waals surface area contributed by atoms with E-state index in [9.17, 15) is 0 Å². The van der Waals surface area contributed by atoms with E-state index in [1.165, 1.54) is 11.1 Å². The first kappa shape index (κ1) is 15.0. The Morgan fingerprint density at radius 3 is 2.75 bits per heavy atom. The fraction of sp³-hybridized carbons (Fsp3) is 0.438. The molecule has 108 valence electrons. The minimum absolute atomic E-state index is 0.0936. The van der Waals surface area contributed by atoms with Crippen molar-refractivity contribution in [3.05, 3.63) is 45.9 Å². The average Bonchev–Trinajstić information content (AvgIpc) is 2.87. The van der Waals surface area contributed by atoms with E-state index < -0.39 is 0 Å². The SMILES string of the molecule is Cc1ccc(OCc2nccs2)c(CNC(C)(C)C)c1. The second-order valence-corrected chi connectivity index (χ2v) is 6.91. The Labute approximate surface area is 125 Å². The van der Waals surface area contributed by atoms with Gasteiger partial charge in [0.25, 0.3) is 0 Å². The maximum atomic E-state index is 5.91. The first-order valence-corrected chi connectivity index (χ1v) is 7.68. The fourth-order valence-corrected chi connectivity index (χ4v) is 2.34. The van der Waals surface area contributed by atoms with Crippen molar-refractivity contribution >= 4 is 11.3 Å². The van der Waals surface area contributed by atoms with E-state index in [1.807, 2.05) is 11.4 Å². The van der Waals surface area contributed by atoms with E-state index in [-0.39, 0.29) is 5.54 Å². The lowest BCUT2D eigenvalue weighted by atomic mass is 10.1. The molecule has 0 saturated carbocycles. The van der Waals surface area contributed by atoms with E-state index in [1.54, 1.807) is 17.5 Å². The van der Waals surface area contributed by atoms with Crippen LogP contribution in [-0.2, 0) is 13.2 Å². The summed E-state index contributed by atoms with van der Waals surface area (Å²) in [6.45, 7) is 9.93. The van der Waals surface area contributed by atoms with Crippen LogP contribution in [0.2, 0.25) is 0 Å². The van der Waals surface area contributed by atoms with Gasteiger partial charge in [-0.15, -0.1) is 11.3 Å².